The lowest BCUT2D eigenvalue weighted by Crippen LogP contribution is -2.50. The van der Waals surface area contributed by atoms with Crippen LogP contribution in [0.3, 0.4) is 0 Å². The predicted octanol–water partition coefficient (Wildman–Crippen LogP) is 2.87. The number of carboxylic acids is 1. The summed E-state index contributed by atoms with van der Waals surface area (Å²) >= 11 is 0.982. The Bertz CT molecular complexity index is 550. The number of thioether (sulfide) groups is 1. The third kappa shape index (κ3) is 2.78. The van der Waals surface area contributed by atoms with Crippen LogP contribution in [0.15, 0.2) is 10.5 Å². The number of hydrogen-bond donors (Lipinski definition) is 2. The highest BCUT2D eigenvalue weighted by atomic mass is 32.2. The van der Waals surface area contributed by atoms with E-state index in [-0.39, 0.29) is 5.57 Å². The Balaban J connectivity index is 2.30. The molecule has 2 rings (SSSR count). The van der Waals surface area contributed by atoms with Crippen LogP contribution in [0.2, 0.25) is 0 Å². The molecule has 0 bridgehead atoms. The number of rotatable bonds is 5. The number of aliphatic carboxylic acids is 1. The average Bonchev–Trinajstić information content (AvgIpc) is 2.29. The SMILES string of the molecule is CC(C)(SC1=C(C(=O)C(F)(F)F)C2(CCC2)C1)C(N)C(=O)O. The van der Waals surface area contributed by atoms with Crippen molar-refractivity contribution >= 4 is 23.5 Å². The maximum Gasteiger partial charge on any atom is 0.454 e. The first-order valence-electron chi connectivity index (χ1n) is 6.93. The van der Waals surface area contributed by atoms with E-state index in [0.29, 0.717) is 24.2 Å². The van der Waals surface area contributed by atoms with E-state index in [1.54, 1.807) is 13.8 Å². The molecule has 0 aromatic rings. The number of nitrogens with two attached hydrogens (primary N) is 1. The molecule has 1 spiro atoms. The fraction of sp³-hybridized carbons (Fsp3) is 0.714. The van der Waals surface area contributed by atoms with Crippen LogP contribution in [0, 0.1) is 5.41 Å². The summed E-state index contributed by atoms with van der Waals surface area (Å²) in [4.78, 5) is 23.1. The molecule has 124 valence electrons. The summed E-state index contributed by atoms with van der Waals surface area (Å²) in [7, 11) is 0. The first-order valence-corrected chi connectivity index (χ1v) is 7.75. The monoisotopic (exact) mass is 337 g/mol. The third-order valence-corrected chi connectivity index (χ3v) is 5.88. The highest BCUT2D eigenvalue weighted by Gasteiger charge is 2.58. The van der Waals surface area contributed by atoms with Crippen molar-refractivity contribution in [1.82, 2.24) is 0 Å². The second-order valence-electron chi connectivity index (χ2n) is 6.46. The summed E-state index contributed by atoms with van der Waals surface area (Å²) in [5.41, 5.74) is 4.79. The Morgan fingerprint density at radius 2 is 1.86 bits per heavy atom. The predicted molar refractivity (Wildman–Crippen MR) is 76.3 cm³/mol. The van der Waals surface area contributed by atoms with Crippen molar-refractivity contribution in [2.24, 2.45) is 11.1 Å². The second kappa shape index (κ2) is 5.26. The second-order valence-corrected chi connectivity index (χ2v) is 8.21. The fourth-order valence-electron chi connectivity index (χ4n) is 2.98. The van der Waals surface area contributed by atoms with E-state index in [4.69, 9.17) is 10.8 Å². The van der Waals surface area contributed by atoms with Crippen LogP contribution in [0.1, 0.15) is 39.5 Å². The molecule has 22 heavy (non-hydrogen) atoms. The van der Waals surface area contributed by atoms with Crippen LogP contribution >= 0.6 is 11.8 Å². The van der Waals surface area contributed by atoms with E-state index in [1.165, 1.54) is 0 Å². The van der Waals surface area contributed by atoms with Crippen molar-refractivity contribution in [3.8, 4) is 0 Å². The van der Waals surface area contributed by atoms with Gasteiger partial charge in [-0.25, -0.2) is 0 Å². The van der Waals surface area contributed by atoms with Crippen LogP contribution < -0.4 is 5.73 Å². The summed E-state index contributed by atoms with van der Waals surface area (Å²) in [6.45, 7) is 3.12. The van der Waals surface area contributed by atoms with Gasteiger partial charge in [0.15, 0.2) is 0 Å². The van der Waals surface area contributed by atoms with Gasteiger partial charge in [0.05, 0.1) is 0 Å². The van der Waals surface area contributed by atoms with E-state index >= 15 is 0 Å². The van der Waals surface area contributed by atoms with Crippen LogP contribution in [0.25, 0.3) is 0 Å². The Kier molecular flexibility index (Phi) is 4.15. The number of carbonyl (C=O) groups is 2. The van der Waals surface area contributed by atoms with Gasteiger partial charge in [0.25, 0.3) is 5.78 Å². The lowest BCUT2D eigenvalue weighted by atomic mass is 9.55. The molecule has 0 saturated heterocycles. The third-order valence-electron chi connectivity index (χ3n) is 4.50. The van der Waals surface area contributed by atoms with E-state index in [0.717, 1.165) is 18.2 Å². The largest absolute Gasteiger partial charge is 0.480 e. The highest BCUT2D eigenvalue weighted by Crippen LogP contribution is 2.64. The van der Waals surface area contributed by atoms with Crippen molar-refractivity contribution in [2.45, 2.75) is 56.5 Å². The molecular formula is C14H18F3NO3S. The lowest BCUT2D eigenvalue weighted by molar-refractivity contribution is -0.169. The minimum absolute atomic E-state index is 0.165. The van der Waals surface area contributed by atoms with Gasteiger partial charge >= 0.3 is 12.1 Å². The molecule has 0 amide bonds. The Labute approximate surface area is 130 Å². The molecule has 3 N–H and O–H groups in total. The number of halogens is 3. The Hall–Kier alpha value is -1.02. The zero-order valence-electron chi connectivity index (χ0n) is 12.3. The molecular weight excluding hydrogens is 319 g/mol. The fourth-order valence-corrected chi connectivity index (χ4v) is 4.60. The van der Waals surface area contributed by atoms with Crippen LogP contribution in [-0.4, -0.2) is 33.8 Å². The van der Waals surface area contributed by atoms with Gasteiger partial charge in [0, 0.05) is 15.7 Å². The number of ketones is 1. The molecule has 1 fully saturated rings. The standard InChI is InChI=1S/C14H18F3NO3S/c1-12(2,9(18)11(20)21)22-7-6-13(4-3-5-13)8(7)10(19)14(15,16)17/h9H,3-6,18H2,1-2H3,(H,20,21). The van der Waals surface area contributed by atoms with Crippen LogP contribution in [-0.2, 0) is 9.59 Å². The minimum Gasteiger partial charge on any atom is -0.480 e. The first-order chi connectivity index (χ1) is 9.91. The molecule has 0 aromatic carbocycles. The summed E-state index contributed by atoms with van der Waals surface area (Å²) in [6, 6.07) is -1.23. The molecule has 2 aliphatic rings. The maximum absolute atomic E-state index is 12.8. The van der Waals surface area contributed by atoms with Crippen molar-refractivity contribution in [3.05, 3.63) is 10.5 Å². The van der Waals surface area contributed by atoms with E-state index in [1.807, 2.05) is 0 Å². The van der Waals surface area contributed by atoms with Gasteiger partial charge in [-0.05, 0) is 38.0 Å². The molecule has 0 aromatic heterocycles. The molecule has 2 aliphatic carbocycles. The molecule has 4 nitrogen and oxygen atoms in total. The van der Waals surface area contributed by atoms with E-state index in [2.05, 4.69) is 0 Å². The normalized spacial score (nSPS) is 22.1. The summed E-state index contributed by atoms with van der Waals surface area (Å²) in [5.74, 6) is -3.01. The summed E-state index contributed by atoms with van der Waals surface area (Å²) in [6.07, 6.45) is -2.52. The van der Waals surface area contributed by atoms with Gasteiger partial charge in [-0.3, -0.25) is 9.59 Å². The molecule has 1 saturated carbocycles. The van der Waals surface area contributed by atoms with Gasteiger partial charge in [-0.1, -0.05) is 6.42 Å². The van der Waals surface area contributed by atoms with E-state index < -0.39 is 34.1 Å². The van der Waals surface area contributed by atoms with Gasteiger partial charge in [-0.15, -0.1) is 11.8 Å². The molecule has 1 unspecified atom stereocenters. The first kappa shape index (κ1) is 17.3. The zero-order valence-corrected chi connectivity index (χ0v) is 13.1. The molecule has 8 heteroatoms. The van der Waals surface area contributed by atoms with Gasteiger partial charge in [0.2, 0.25) is 0 Å². The van der Waals surface area contributed by atoms with Crippen molar-refractivity contribution in [3.63, 3.8) is 0 Å². The topological polar surface area (TPSA) is 80.4 Å². The summed E-state index contributed by atoms with van der Waals surface area (Å²) < 4.78 is 37.4. The van der Waals surface area contributed by atoms with Crippen LogP contribution in [0.4, 0.5) is 13.2 Å². The lowest BCUT2D eigenvalue weighted by Gasteiger charge is -2.52. The van der Waals surface area contributed by atoms with Gasteiger partial charge in [-0.2, -0.15) is 13.2 Å². The quantitative estimate of drug-likeness (QED) is 0.806. The number of carbonyl (C=O) groups excluding carboxylic acids is 1. The average molecular weight is 337 g/mol. The molecule has 0 aliphatic heterocycles. The van der Waals surface area contributed by atoms with Gasteiger partial charge in [0.1, 0.15) is 6.04 Å². The number of Topliss-reactive ketones (excluding diaryl/α,β-unsaturated/α-hetero) is 1. The van der Waals surface area contributed by atoms with Crippen LogP contribution in [0.5, 0.6) is 0 Å². The number of carboxylic acid groups (broad SMARTS) is 1. The molecule has 1 atom stereocenters. The zero-order chi connectivity index (χ0) is 16.9. The number of alkyl halides is 3. The summed E-state index contributed by atoms with van der Waals surface area (Å²) in [5, 5.41) is 8.98. The minimum atomic E-state index is -4.90. The Morgan fingerprint density at radius 1 is 1.32 bits per heavy atom. The van der Waals surface area contributed by atoms with E-state index in [9.17, 15) is 22.8 Å². The molecule has 0 radical (unpaired) electrons. The maximum atomic E-state index is 12.8. The van der Waals surface area contributed by atoms with Crippen molar-refractivity contribution < 1.29 is 27.9 Å². The smallest absolute Gasteiger partial charge is 0.454 e. The number of allylic oxidation sites excluding steroid dienone is 2. The van der Waals surface area contributed by atoms with Crippen molar-refractivity contribution in [2.75, 3.05) is 0 Å². The van der Waals surface area contributed by atoms with Crippen molar-refractivity contribution in [1.29, 1.82) is 0 Å². The highest BCUT2D eigenvalue weighted by molar-refractivity contribution is 8.04. The molecule has 0 heterocycles. The number of hydrogen-bond acceptors (Lipinski definition) is 4. The Morgan fingerprint density at radius 3 is 2.23 bits per heavy atom. The van der Waals surface area contributed by atoms with Gasteiger partial charge < -0.3 is 10.8 Å².